The SMILES string of the molecule is CCCCCCCC(F)(F)CN(CC1CCN(C)CC1)C(CCCCCCCCOC(=O)CC(CCCC)CCCCCC)CCCCCCCCOC(=O)CC(CCCC)CCCCCC. The molecule has 0 aromatic heterocycles. The molecule has 0 N–H and O–H groups in total. The van der Waals surface area contributed by atoms with E-state index < -0.39 is 5.92 Å². The van der Waals surface area contributed by atoms with Crippen LogP contribution in [0.1, 0.15) is 291 Å². The van der Waals surface area contributed by atoms with E-state index in [1.54, 1.807) is 0 Å². The second kappa shape index (κ2) is 44.6. The number of ether oxygens (including phenoxy) is 2. The number of hydrogen-bond acceptors (Lipinski definition) is 6. The Hall–Kier alpha value is -1.28. The fraction of sp³-hybridized carbons (Fsp3) is 0.966. The number of halogens is 2. The van der Waals surface area contributed by atoms with Crippen LogP contribution in [-0.4, -0.2) is 80.1 Å². The first-order valence-electron chi connectivity index (χ1n) is 29.7. The number of rotatable bonds is 49. The summed E-state index contributed by atoms with van der Waals surface area (Å²) in [5.41, 5.74) is 0. The lowest BCUT2D eigenvalue weighted by molar-refractivity contribution is -0.146. The average Bonchev–Trinajstić information content (AvgIpc) is 3.31. The highest BCUT2D eigenvalue weighted by atomic mass is 19.3. The summed E-state index contributed by atoms with van der Waals surface area (Å²) in [7, 11) is 2.18. The van der Waals surface area contributed by atoms with Gasteiger partial charge in [0, 0.05) is 31.8 Å². The molecule has 67 heavy (non-hydrogen) atoms. The highest BCUT2D eigenvalue weighted by Gasteiger charge is 2.35. The van der Waals surface area contributed by atoms with Crippen LogP contribution in [0.4, 0.5) is 8.78 Å². The van der Waals surface area contributed by atoms with Gasteiger partial charge >= 0.3 is 11.9 Å². The summed E-state index contributed by atoms with van der Waals surface area (Å²) in [5, 5.41) is 0. The van der Waals surface area contributed by atoms with E-state index in [0.717, 1.165) is 174 Å². The summed E-state index contributed by atoms with van der Waals surface area (Å²) in [6, 6.07) is 0.199. The van der Waals surface area contributed by atoms with E-state index in [4.69, 9.17) is 9.47 Å². The molecule has 0 aliphatic carbocycles. The number of unbranched alkanes of at least 4 members (excludes halogenated alkanes) is 22. The van der Waals surface area contributed by atoms with Gasteiger partial charge in [0.25, 0.3) is 5.92 Å². The normalized spacial score (nSPS) is 15.3. The Labute approximate surface area is 415 Å². The molecule has 0 saturated carbocycles. The molecule has 1 rings (SSSR count). The van der Waals surface area contributed by atoms with E-state index in [1.165, 1.54) is 77.0 Å². The van der Waals surface area contributed by atoms with Gasteiger partial charge in [-0.1, -0.05) is 202 Å². The number of likely N-dealkylation sites (tertiary alicyclic amines) is 1. The number of esters is 2. The quantitative estimate of drug-likeness (QED) is 0.0447. The highest BCUT2D eigenvalue weighted by Crippen LogP contribution is 2.30. The molecule has 1 fully saturated rings. The van der Waals surface area contributed by atoms with Gasteiger partial charge in [0.05, 0.1) is 19.8 Å². The average molecular weight is 954 g/mol. The molecule has 0 radical (unpaired) electrons. The van der Waals surface area contributed by atoms with Crippen molar-refractivity contribution in [3.05, 3.63) is 0 Å². The van der Waals surface area contributed by atoms with Gasteiger partial charge in [-0.2, -0.15) is 0 Å². The summed E-state index contributed by atoms with van der Waals surface area (Å²) in [5.74, 6) is -1.26. The van der Waals surface area contributed by atoms with Crippen LogP contribution < -0.4 is 0 Å². The van der Waals surface area contributed by atoms with Crippen molar-refractivity contribution in [3.63, 3.8) is 0 Å². The minimum absolute atomic E-state index is 0.00886. The standard InChI is InChI=1S/C59H114F2N2O4/c1-7-12-17-26-33-44-59(60,61)52-63(51-55-42-45-62(6)46-43-55)56(40-31-24-20-22-27-34-47-66-57(64)49-53(36-15-10-4)38-29-18-13-8-2)41-32-25-21-23-28-35-48-67-58(65)50-54(37-16-11-5)39-30-19-14-9-3/h53-56H,7-52H2,1-6H3. The molecule has 2 atom stereocenters. The van der Waals surface area contributed by atoms with Crippen molar-refractivity contribution in [1.29, 1.82) is 0 Å². The zero-order valence-electron chi connectivity index (χ0n) is 45.6. The molecule has 6 nitrogen and oxygen atoms in total. The largest absolute Gasteiger partial charge is 0.466 e. The lowest BCUT2D eigenvalue weighted by Crippen LogP contribution is -2.47. The minimum Gasteiger partial charge on any atom is -0.466 e. The number of piperidine rings is 1. The smallest absolute Gasteiger partial charge is 0.306 e. The molecule has 0 amide bonds. The summed E-state index contributed by atoms with van der Waals surface area (Å²) < 4.78 is 43.2. The van der Waals surface area contributed by atoms with Gasteiger partial charge in [-0.3, -0.25) is 14.5 Å². The van der Waals surface area contributed by atoms with E-state index in [1.807, 2.05) is 0 Å². The topological polar surface area (TPSA) is 59.1 Å². The van der Waals surface area contributed by atoms with Crippen molar-refractivity contribution in [1.82, 2.24) is 9.80 Å². The maximum atomic E-state index is 15.9. The Kier molecular flexibility index (Phi) is 42.5. The highest BCUT2D eigenvalue weighted by molar-refractivity contribution is 5.70. The van der Waals surface area contributed by atoms with Crippen LogP contribution in [0.2, 0.25) is 0 Å². The third-order valence-corrected chi connectivity index (χ3v) is 15.1. The summed E-state index contributed by atoms with van der Waals surface area (Å²) in [4.78, 5) is 30.1. The Morgan fingerprint density at radius 3 is 1.31 bits per heavy atom. The van der Waals surface area contributed by atoms with Crippen LogP contribution >= 0.6 is 0 Å². The maximum absolute atomic E-state index is 15.9. The van der Waals surface area contributed by atoms with Crippen molar-refractivity contribution in [2.24, 2.45) is 17.8 Å². The molecule has 1 aliphatic rings. The Bertz CT molecular complexity index is 1050. The number of alkyl halides is 2. The number of carbonyl (C=O) groups is 2. The lowest BCUT2D eigenvalue weighted by atomic mass is 9.92. The van der Waals surface area contributed by atoms with E-state index >= 15 is 8.78 Å². The monoisotopic (exact) mass is 953 g/mol. The summed E-state index contributed by atoms with van der Waals surface area (Å²) in [6.07, 6.45) is 42.5. The van der Waals surface area contributed by atoms with Crippen LogP contribution in [0, 0.1) is 17.8 Å². The molecule has 0 spiro atoms. The molecule has 2 unspecified atom stereocenters. The van der Waals surface area contributed by atoms with Crippen LogP contribution in [0.25, 0.3) is 0 Å². The first-order chi connectivity index (χ1) is 32.6. The molecule has 1 heterocycles. The van der Waals surface area contributed by atoms with Gasteiger partial charge in [-0.25, -0.2) is 8.78 Å². The number of nitrogens with zero attached hydrogens (tertiary/aromatic N) is 2. The van der Waals surface area contributed by atoms with Crippen LogP contribution in [0.5, 0.6) is 0 Å². The second-order valence-corrected chi connectivity index (χ2v) is 21.7. The van der Waals surface area contributed by atoms with E-state index in [-0.39, 0.29) is 30.9 Å². The van der Waals surface area contributed by atoms with Gasteiger partial charge < -0.3 is 14.4 Å². The molecule has 0 aromatic rings. The fourth-order valence-corrected chi connectivity index (χ4v) is 10.5. The lowest BCUT2D eigenvalue weighted by Gasteiger charge is -2.39. The van der Waals surface area contributed by atoms with Gasteiger partial charge in [0.2, 0.25) is 0 Å². The molecule has 1 aliphatic heterocycles. The van der Waals surface area contributed by atoms with Gasteiger partial charge in [-0.05, 0) is 109 Å². The van der Waals surface area contributed by atoms with Gasteiger partial charge in [0.1, 0.15) is 0 Å². The van der Waals surface area contributed by atoms with Gasteiger partial charge in [0.15, 0.2) is 0 Å². The van der Waals surface area contributed by atoms with E-state index in [0.29, 0.717) is 50.2 Å². The third kappa shape index (κ3) is 38.1. The molecular weight excluding hydrogens is 839 g/mol. The first-order valence-corrected chi connectivity index (χ1v) is 29.7. The predicted molar refractivity (Wildman–Crippen MR) is 283 cm³/mol. The van der Waals surface area contributed by atoms with Crippen molar-refractivity contribution in [3.8, 4) is 0 Å². The van der Waals surface area contributed by atoms with E-state index in [9.17, 15) is 9.59 Å². The van der Waals surface area contributed by atoms with Crippen molar-refractivity contribution in [2.75, 3.05) is 46.4 Å². The first kappa shape index (κ1) is 63.7. The molecule has 0 aromatic carbocycles. The molecule has 1 saturated heterocycles. The number of hydrogen-bond donors (Lipinski definition) is 0. The Morgan fingerprint density at radius 2 is 0.866 bits per heavy atom. The maximum Gasteiger partial charge on any atom is 0.306 e. The minimum atomic E-state index is -2.65. The molecule has 0 bridgehead atoms. The zero-order chi connectivity index (χ0) is 49.1. The second-order valence-electron chi connectivity index (χ2n) is 21.7. The van der Waals surface area contributed by atoms with E-state index in [2.05, 4.69) is 51.5 Å². The summed E-state index contributed by atoms with van der Waals surface area (Å²) >= 11 is 0. The van der Waals surface area contributed by atoms with Crippen molar-refractivity contribution < 1.29 is 27.8 Å². The molecule has 8 heteroatoms. The third-order valence-electron chi connectivity index (χ3n) is 15.1. The van der Waals surface area contributed by atoms with Crippen LogP contribution in [-0.2, 0) is 19.1 Å². The summed E-state index contributed by atoms with van der Waals surface area (Å²) in [6.45, 7) is 15.0. The Morgan fingerprint density at radius 1 is 0.507 bits per heavy atom. The van der Waals surface area contributed by atoms with Crippen molar-refractivity contribution in [2.45, 2.75) is 303 Å². The van der Waals surface area contributed by atoms with Crippen molar-refractivity contribution >= 4 is 11.9 Å². The molecular formula is C59H114F2N2O4. The zero-order valence-corrected chi connectivity index (χ0v) is 45.6. The Balaban J connectivity index is 2.69. The predicted octanol–water partition coefficient (Wildman–Crippen LogP) is 17.9. The van der Waals surface area contributed by atoms with Crippen LogP contribution in [0.15, 0.2) is 0 Å². The van der Waals surface area contributed by atoms with Crippen LogP contribution in [0.3, 0.4) is 0 Å². The van der Waals surface area contributed by atoms with Gasteiger partial charge in [-0.15, -0.1) is 0 Å². The number of carbonyl (C=O) groups excluding carboxylic acids is 2. The fourth-order valence-electron chi connectivity index (χ4n) is 10.5. The molecule has 398 valence electrons.